The van der Waals surface area contributed by atoms with E-state index in [4.69, 9.17) is 0 Å². The van der Waals surface area contributed by atoms with Crippen LogP contribution in [0.3, 0.4) is 0 Å². The first-order chi connectivity index (χ1) is 4.58. The zero-order valence-electron chi connectivity index (χ0n) is 4.66. The van der Waals surface area contributed by atoms with Gasteiger partial charge in [-0.3, -0.25) is 0 Å². The quantitative estimate of drug-likeness (QED) is 0.603. The molecule has 3 nitrogen and oxygen atoms in total. The molecule has 0 saturated carbocycles. The molecule has 1 N–H and O–H groups in total. The Morgan fingerprint density at radius 2 is 2.30 bits per heavy atom. The maximum atomic E-state index is 11.3. The van der Waals surface area contributed by atoms with Crippen LogP contribution in [0.2, 0.25) is 0 Å². The molecular formula is C4H3F3NO2. The molecule has 0 unspecified atom stereocenters. The highest BCUT2D eigenvalue weighted by Crippen LogP contribution is 2.21. The van der Waals surface area contributed by atoms with E-state index in [1.165, 1.54) is 0 Å². The van der Waals surface area contributed by atoms with Crippen LogP contribution >= 0.6 is 0 Å². The van der Waals surface area contributed by atoms with E-state index in [1.54, 1.807) is 0 Å². The van der Waals surface area contributed by atoms with Gasteiger partial charge in [0.05, 0.1) is 0 Å². The predicted molar refractivity (Wildman–Crippen MR) is 23.0 cm³/mol. The fourth-order valence-corrected chi connectivity index (χ4v) is 0.406. The lowest BCUT2D eigenvalue weighted by Crippen LogP contribution is -2.13. The van der Waals surface area contributed by atoms with Gasteiger partial charge in [-0.05, 0) is 0 Å². The van der Waals surface area contributed by atoms with Crippen molar-refractivity contribution >= 4 is 0 Å². The zero-order chi connectivity index (χ0) is 7.61. The van der Waals surface area contributed by atoms with Crippen molar-refractivity contribution in [3.05, 3.63) is 12.1 Å². The van der Waals surface area contributed by atoms with Gasteiger partial charge in [-0.15, -0.1) is 13.2 Å². The van der Waals surface area contributed by atoms with Gasteiger partial charge in [-0.1, -0.05) is 0 Å². The SMILES string of the molecule is FC(F)(F)OC1=[C]NCO1. The van der Waals surface area contributed by atoms with Crippen LogP contribution in [0.4, 0.5) is 13.2 Å². The molecule has 57 valence electrons. The van der Waals surface area contributed by atoms with E-state index in [0.717, 1.165) is 0 Å². The fraction of sp³-hybridized carbons (Fsp3) is 0.500. The van der Waals surface area contributed by atoms with Crippen LogP contribution in [-0.2, 0) is 9.47 Å². The van der Waals surface area contributed by atoms with Crippen molar-refractivity contribution in [3.8, 4) is 0 Å². The summed E-state index contributed by atoms with van der Waals surface area (Å²) in [7, 11) is 0. The van der Waals surface area contributed by atoms with Gasteiger partial charge in [0.1, 0.15) is 6.20 Å². The molecule has 0 spiro atoms. The lowest BCUT2D eigenvalue weighted by Gasteiger charge is -2.06. The number of nitrogens with one attached hydrogen (secondary N) is 1. The van der Waals surface area contributed by atoms with Crippen LogP contribution in [-0.4, -0.2) is 13.1 Å². The smallest absolute Gasteiger partial charge is 0.442 e. The minimum atomic E-state index is -4.70. The number of ether oxygens (including phenoxy) is 2. The van der Waals surface area contributed by atoms with Gasteiger partial charge >= 0.3 is 12.3 Å². The van der Waals surface area contributed by atoms with Gasteiger partial charge in [0.15, 0.2) is 6.73 Å². The van der Waals surface area contributed by atoms with Crippen molar-refractivity contribution in [3.63, 3.8) is 0 Å². The number of hydrogen-bond acceptors (Lipinski definition) is 3. The van der Waals surface area contributed by atoms with Crippen LogP contribution in [0.1, 0.15) is 0 Å². The van der Waals surface area contributed by atoms with Gasteiger partial charge < -0.3 is 14.8 Å². The Morgan fingerprint density at radius 3 is 2.70 bits per heavy atom. The molecule has 0 bridgehead atoms. The molecule has 0 aromatic rings. The number of hydrogen-bond donors (Lipinski definition) is 1. The molecule has 0 amide bonds. The number of halogens is 3. The molecule has 1 rings (SSSR count). The number of rotatable bonds is 1. The summed E-state index contributed by atoms with van der Waals surface area (Å²) in [6.45, 7) is -0.0363. The summed E-state index contributed by atoms with van der Waals surface area (Å²) < 4.78 is 41.6. The summed E-state index contributed by atoms with van der Waals surface area (Å²) in [4.78, 5) is 0. The van der Waals surface area contributed by atoms with E-state index >= 15 is 0 Å². The Hall–Kier alpha value is -1.07. The van der Waals surface area contributed by atoms with Gasteiger partial charge in [-0.25, -0.2) is 0 Å². The van der Waals surface area contributed by atoms with Crippen molar-refractivity contribution < 1.29 is 22.6 Å². The third kappa shape index (κ3) is 2.04. The van der Waals surface area contributed by atoms with Crippen molar-refractivity contribution in [1.29, 1.82) is 0 Å². The first-order valence-corrected chi connectivity index (χ1v) is 2.32. The molecule has 0 atom stereocenters. The van der Waals surface area contributed by atoms with Gasteiger partial charge in [0.25, 0.3) is 0 Å². The summed E-state index contributed by atoms with van der Waals surface area (Å²) in [5, 5.41) is 2.26. The Balaban J connectivity index is 2.38. The fourth-order valence-electron chi connectivity index (χ4n) is 0.406. The molecule has 0 aliphatic carbocycles. The minimum Gasteiger partial charge on any atom is -0.442 e. The Morgan fingerprint density at radius 1 is 1.60 bits per heavy atom. The van der Waals surface area contributed by atoms with Crippen LogP contribution in [0.25, 0.3) is 0 Å². The largest absolute Gasteiger partial charge is 0.575 e. The summed E-state index contributed by atoms with van der Waals surface area (Å²) >= 11 is 0. The Labute approximate surface area is 54.4 Å². The van der Waals surface area contributed by atoms with Gasteiger partial charge in [-0.2, -0.15) is 0 Å². The average Bonchev–Trinajstić information content (AvgIpc) is 2.12. The topological polar surface area (TPSA) is 30.5 Å². The van der Waals surface area contributed by atoms with Crippen molar-refractivity contribution in [1.82, 2.24) is 5.32 Å². The summed E-state index contributed by atoms with van der Waals surface area (Å²) in [6.07, 6.45) is -2.68. The molecule has 1 radical (unpaired) electrons. The second-order valence-electron chi connectivity index (χ2n) is 1.43. The minimum absolute atomic E-state index is 0.0363. The van der Waals surface area contributed by atoms with Crippen molar-refractivity contribution in [2.24, 2.45) is 0 Å². The molecule has 1 aliphatic rings. The molecule has 1 aliphatic heterocycles. The number of alkyl halides is 3. The van der Waals surface area contributed by atoms with E-state index in [0.29, 0.717) is 0 Å². The standard InChI is InChI=1S/C4H3F3NO2/c5-4(6,7)10-3-1-8-2-9-3/h8H,2H2. The lowest BCUT2D eigenvalue weighted by molar-refractivity contribution is -0.320. The molecule has 6 heteroatoms. The lowest BCUT2D eigenvalue weighted by atomic mass is 10.9. The molecule has 0 aromatic carbocycles. The highest BCUT2D eigenvalue weighted by atomic mass is 19.4. The highest BCUT2D eigenvalue weighted by molar-refractivity contribution is 4.78. The predicted octanol–water partition coefficient (Wildman–Crippen LogP) is 0.702. The molecular weight excluding hydrogens is 151 g/mol. The van der Waals surface area contributed by atoms with E-state index < -0.39 is 12.3 Å². The third-order valence-corrected chi connectivity index (χ3v) is 0.674. The first-order valence-electron chi connectivity index (χ1n) is 2.32. The van der Waals surface area contributed by atoms with E-state index in [-0.39, 0.29) is 6.73 Å². The summed E-state index contributed by atoms with van der Waals surface area (Å²) in [5.74, 6) is -0.674. The normalized spacial score (nSPS) is 17.3. The molecule has 0 aromatic heterocycles. The third-order valence-electron chi connectivity index (χ3n) is 0.674. The van der Waals surface area contributed by atoms with Crippen LogP contribution in [0.15, 0.2) is 5.95 Å². The maximum Gasteiger partial charge on any atom is 0.575 e. The molecule has 0 fully saturated rings. The zero-order valence-corrected chi connectivity index (χ0v) is 4.66. The van der Waals surface area contributed by atoms with E-state index in [2.05, 4.69) is 14.8 Å². The van der Waals surface area contributed by atoms with Crippen LogP contribution in [0.5, 0.6) is 0 Å². The highest BCUT2D eigenvalue weighted by Gasteiger charge is 2.33. The second-order valence-corrected chi connectivity index (χ2v) is 1.43. The summed E-state index contributed by atoms with van der Waals surface area (Å²) in [5.41, 5.74) is 0. The van der Waals surface area contributed by atoms with Crippen LogP contribution in [0, 0.1) is 6.20 Å². The van der Waals surface area contributed by atoms with Crippen molar-refractivity contribution in [2.75, 3.05) is 6.73 Å². The van der Waals surface area contributed by atoms with Crippen molar-refractivity contribution in [2.45, 2.75) is 6.36 Å². The molecule has 0 saturated heterocycles. The monoisotopic (exact) mass is 154 g/mol. The van der Waals surface area contributed by atoms with E-state index in [9.17, 15) is 13.2 Å². The molecule has 10 heavy (non-hydrogen) atoms. The Kier molecular flexibility index (Phi) is 1.60. The average molecular weight is 154 g/mol. The van der Waals surface area contributed by atoms with E-state index in [1.807, 2.05) is 6.20 Å². The van der Waals surface area contributed by atoms with Gasteiger partial charge in [0, 0.05) is 0 Å². The molecule has 1 heterocycles. The Bertz CT molecular complexity index is 153. The maximum absolute atomic E-state index is 11.3. The first kappa shape index (κ1) is 7.04. The van der Waals surface area contributed by atoms with Gasteiger partial charge in [0.2, 0.25) is 0 Å². The summed E-state index contributed by atoms with van der Waals surface area (Å²) in [6, 6.07) is 0. The van der Waals surface area contributed by atoms with Crippen LogP contribution < -0.4 is 5.32 Å². The second kappa shape index (κ2) is 2.28.